The second kappa shape index (κ2) is 13.3. The van der Waals surface area contributed by atoms with Gasteiger partial charge in [-0.3, -0.25) is 0 Å². The van der Waals surface area contributed by atoms with Gasteiger partial charge in [0.2, 0.25) is 0 Å². The van der Waals surface area contributed by atoms with Crippen LogP contribution in [-0.2, 0) is 10.8 Å². The van der Waals surface area contributed by atoms with E-state index >= 15 is 0 Å². The van der Waals surface area contributed by atoms with Crippen molar-refractivity contribution in [1.29, 1.82) is 0 Å². The van der Waals surface area contributed by atoms with Crippen LogP contribution in [0, 0.1) is 0 Å². The minimum absolute atomic E-state index is 0.137. The Morgan fingerprint density at radius 2 is 0.967 bits per heavy atom. The van der Waals surface area contributed by atoms with Crippen LogP contribution in [0.25, 0.3) is 88.8 Å². The molecule has 0 saturated carbocycles. The summed E-state index contributed by atoms with van der Waals surface area (Å²) < 4.78 is 0. The van der Waals surface area contributed by atoms with Crippen LogP contribution in [0.3, 0.4) is 0 Å². The van der Waals surface area contributed by atoms with E-state index < -0.39 is 0 Å². The Hall–Kier alpha value is -7.42. The number of nitrogens with zero attached hydrogens (tertiary/aromatic N) is 2. The van der Waals surface area contributed by atoms with Crippen molar-refractivity contribution in [2.45, 2.75) is 31.6 Å². The summed E-state index contributed by atoms with van der Waals surface area (Å²) in [5.41, 5.74) is 19.0. The average Bonchev–Trinajstić information content (AvgIpc) is 3.73. The molecule has 10 aromatic rings. The van der Waals surface area contributed by atoms with E-state index in [4.69, 9.17) is 9.97 Å². The largest absolute Gasteiger partial charge is 0.228 e. The van der Waals surface area contributed by atoms with Crippen LogP contribution in [0.5, 0.6) is 0 Å². The predicted molar refractivity (Wildman–Crippen MR) is 254 cm³/mol. The second-order valence-corrected chi connectivity index (χ2v) is 17.4. The normalized spacial score (nSPS) is 15.7. The van der Waals surface area contributed by atoms with Gasteiger partial charge in [0.25, 0.3) is 0 Å². The van der Waals surface area contributed by atoms with Crippen molar-refractivity contribution >= 4 is 21.5 Å². The first-order chi connectivity index (χ1) is 29.9. The third kappa shape index (κ3) is 5.22. The summed E-state index contributed by atoms with van der Waals surface area (Å²) in [6.07, 6.45) is 0. The van der Waals surface area contributed by atoms with Gasteiger partial charge in [-0.05, 0) is 102 Å². The first-order valence-electron chi connectivity index (χ1n) is 21.3. The fraction of sp³-hybridized carbons (Fsp3) is 0.0847. The standard InChI is InChI=1S/C59H42N2/c1-58(2)52-28-16-26-47(55(52)48-31-29-37-17-10-11-22-41(37)56(48)58)44-32-33-46(43-24-13-12-23-42(43)44)54-36-53(60-57(61-54)38-18-6-4-7-19-38)39-30-34-51-49(35-39)45-25-14-15-27-50(45)59(51,3)40-20-8-5-9-21-40/h4-36H,1-3H3. The molecule has 1 unspecified atom stereocenters. The zero-order chi connectivity index (χ0) is 40.9. The summed E-state index contributed by atoms with van der Waals surface area (Å²) in [6.45, 7) is 7.13. The fourth-order valence-electron chi connectivity index (χ4n) is 10.8. The lowest BCUT2D eigenvalue weighted by Gasteiger charge is -2.28. The molecular weight excluding hydrogens is 737 g/mol. The summed E-state index contributed by atoms with van der Waals surface area (Å²) in [6, 6.07) is 73.1. The van der Waals surface area contributed by atoms with Gasteiger partial charge in [-0.1, -0.05) is 202 Å². The molecule has 2 aliphatic rings. The summed E-state index contributed by atoms with van der Waals surface area (Å²) in [5, 5.41) is 4.99. The Morgan fingerprint density at radius 3 is 1.79 bits per heavy atom. The highest BCUT2D eigenvalue weighted by molar-refractivity contribution is 6.09. The Balaban J connectivity index is 1.04. The average molecular weight is 779 g/mol. The number of aromatic nitrogens is 2. The number of hydrogen-bond donors (Lipinski definition) is 0. The Labute approximate surface area is 356 Å². The maximum atomic E-state index is 5.35. The topological polar surface area (TPSA) is 25.8 Å². The van der Waals surface area contributed by atoms with Crippen LogP contribution in [0.1, 0.15) is 48.6 Å². The van der Waals surface area contributed by atoms with Gasteiger partial charge in [-0.2, -0.15) is 0 Å². The van der Waals surface area contributed by atoms with Crippen molar-refractivity contribution < 1.29 is 0 Å². The van der Waals surface area contributed by atoms with Crippen molar-refractivity contribution in [3.05, 3.63) is 228 Å². The molecule has 2 nitrogen and oxygen atoms in total. The third-order valence-electron chi connectivity index (χ3n) is 13.8. The molecule has 2 heteroatoms. The van der Waals surface area contributed by atoms with Crippen LogP contribution in [0.15, 0.2) is 200 Å². The van der Waals surface area contributed by atoms with E-state index in [0.717, 1.165) is 28.1 Å². The van der Waals surface area contributed by atoms with E-state index in [2.05, 4.69) is 215 Å². The molecule has 0 saturated heterocycles. The van der Waals surface area contributed by atoms with Gasteiger partial charge in [-0.15, -0.1) is 0 Å². The van der Waals surface area contributed by atoms with Crippen LogP contribution >= 0.6 is 0 Å². The third-order valence-corrected chi connectivity index (χ3v) is 13.8. The van der Waals surface area contributed by atoms with Crippen LogP contribution < -0.4 is 0 Å². The molecule has 1 heterocycles. The SMILES string of the molecule is CC1(C)c2cccc(-c3ccc(-c4cc(-c5ccc6c(c5)-c5ccccc5C6(C)c5ccccc5)nc(-c5ccccc5)n4)c4ccccc34)c2-c2ccc3ccccc3c21. The minimum Gasteiger partial charge on any atom is -0.228 e. The molecule has 0 N–H and O–H groups in total. The summed E-state index contributed by atoms with van der Waals surface area (Å²) in [4.78, 5) is 10.7. The molecule has 1 atom stereocenters. The quantitative estimate of drug-likeness (QED) is 0.174. The lowest BCUT2D eigenvalue weighted by Crippen LogP contribution is -2.22. The van der Waals surface area contributed by atoms with Crippen LogP contribution in [0.4, 0.5) is 0 Å². The van der Waals surface area contributed by atoms with Crippen molar-refractivity contribution in [1.82, 2.24) is 9.97 Å². The minimum atomic E-state index is -0.261. The molecule has 1 aromatic heterocycles. The number of rotatable bonds is 5. The molecule has 0 amide bonds. The zero-order valence-corrected chi connectivity index (χ0v) is 34.4. The summed E-state index contributed by atoms with van der Waals surface area (Å²) in [7, 11) is 0. The maximum absolute atomic E-state index is 5.35. The molecule has 0 spiro atoms. The first-order valence-corrected chi connectivity index (χ1v) is 21.3. The number of fused-ring (bicyclic) bond motifs is 9. The van der Waals surface area contributed by atoms with Gasteiger partial charge in [0, 0.05) is 27.5 Å². The molecule has 12 rings (SSSR count). The molecule has 61 heavy (non-hydrogen) atoms. The summed E-state index contributed by atoms with van der Waals surface area (Å²) in [5.74, 6) is 0.711. The van der Waals surface area contributed by atoms with Crippen LogP contribution in [0.2, 0.25) is 0 Å². The Kier molecular flexibility index (Phi) is 7.74. The predicted octanol–water partition coefficient (Wildman–Crippen LogP) is 15.1. The Morgan fingerprint density at radius 1 is 0.361 bits per heavy atom. The number of hydrogen-bond acceptors (Lipinski definition) is 2. The van der Waals surface area contributed by atoms with Gasteiger partial charge in [0.1, 0.15) is 0 Å². The van der Waals surface area contributed by atoms with Crippen molar-refractivity contribution in [3.63, 3.8) is 0 Å². The molecule has 0 fully saturated rings. The van der Waals surface area contributed by atoms with Gasteiger partial charge < -0.3 is 0 Å². The zero-order valence-electron chi connectivity index (χ0n) is 34.4. The second-order valence-electron chi connectivity index (χ2n) is 17.4. The lowest BCUT2D eigenvalue weighted by molar-refractivity contribution is 0.666. The van der Waals surface area contributed by atoms with Crippen molar-refractivity contribution in [2.24, 2.45) is 0 Å². The van der Waals surface area contributed by atoms with Crippen LogP contribution in [-0.4, -0.2) is 9.97 Å². The van der Waals surface area contributed by atoms with Gasteiger partial charge in [-0.25, -0.2) is 9.97 Å². The lowest BCUT2D eigenvalue weighted by atomic mass is 9.74. The smallest absolute Gasteiger partial charge is 0.160 e. The molecule has 2 aliphatic carbocycles. The molecular formula is C59H42N2. The van der Waals surface area contributed by atoms with E-state index in [9.17, 15) is 0 Å². The van der Waals surface area contributed by atoms with E-state index in [1.807, 2.05) is 6.07 Å². The molecule has 288 valence electrons. The van der Waals surface area contributed by atoms with Crippen molar-refractivity contribution in [2.75, 3.05) is 0 Å². The molecule has 0 bridgehead atoms. The van der Waals surface area contributed by atoms with Gasteiger partial charge >= 0.3 is 0 Å². The van der Waals surface area contributed by atoms with E-state index in [0.29, 0.717) is 5.82 Å². The molecule has 0 aliphatic heterocycles. The molecule has 0 radical (unpaired) electrons. The number of benzene rings is 9. The monoisotopic (exact) mass is 778 g/mol. The van der Waals surface area contributed by atoms with E-state index in [1.165, 1.54) is 82.7 Å². The van der Waals surface area contributed by atoms with Gasteiger partial charge in [0.15, 0.2) is 5.82 Å². The maximum Gasteiger partial charge on any atom is 0.160 e. The van der Waals surface area contributed by atoms with E-state index in [1.54, 1.807) is 0 Å². The fourth-order valence-corrected chi connectivity index (χ4v) is 10.8. The highest BCUT2D eigenvalue weighted by atomic mass is 14.9. The molecule has 9 aromatic carbocycles. The van der Waals surface area contributed by atoms with Gasteiger partial charge in [0.05, 0.1) is 11.4 Å². The Bertz CT molecular complexity index is 3400. The van der Waals surface area contributed by atoms with Crippen molar-refractivity contribution in [3.8, 4) is 67.3 Å². The highest BCUT2D eigenvalue weighted by Gasteiger charge is 2.41. The highest BCUT2D eigenvalue weighted by Crippen LogP contribution is 2.56. The summed E-state index contributed by atoms with van der Waals surface area (Å²) >= 11 is 0. The first kappa shape index (κ1) is 35.5. The van der Waals surface area contributed by atoms with E-state index in [-0.39, 0.29) is 10.8 Å².